The fourth-order valence-electron chi connectivity index (χ4n) is 2.38. The van der Waals surface area contributed by atoms with Crippen LogP contribution >= 0.6 is 27.5 Å². The van der Waals surface area contributed by atoms with E-state index in [4.69, 9.17) is 11.6 Å². The number of benzene rings is 3. The lowest BCUT2D eigenvalue weighted by Gasteiger charge is -2.11. The van der Waals surface area contributed by atoms with E-state index >= 15 is 0 Å². The van der Waals surface area contributed by atoms with E-state index in [0.717, 1.165) is 15.4 Å². The first-order valence-electron chi connectivity index (χ1n) is 6.89. The van der Waals surface area contributed by atoms with Crippen LogP contribution in [0.2, 0.25) is 5.02 Å². The Kier molecular flexibility index (Phi) is 4.73. The molecule has 1 N–H and O–H groups in total. The minimum Gasteiger partial charge on any atom is -0.207 e. The quantitative estimate of drug-likeness (QED) is 0.675. The summed E-state index contributed by atoms with van der Waals surface area (Å²) in [7, 11) is -3.68. The van der Waals surface area contributed by atoms with Gasteiger partial charge in [0.2, 0.25) is 10.0 Å². The van der Waals surface area contributed by atoms with Crippen LogP contribution in [0.15, 0.2) is 70.0 Å². The van der Waals surface area contributed by atoms with Gasteiger partial charge in [0, 0.05) is 21.4 Å². The molecule has 0 saturated heterocycles. The lowest BCUT2D eigenvalue weighted by atomic mass is 10.1. The van der Waals surface area contributed by atoms with Crippen molar-refractivity contribution in [3.63, 3.8) is 0 Å². The molecule has 0 fully saturated rings. The van der Waals surface area contributed by atoms with Gasteiger partial charge in [0.25, 0.3) is 0 Å². The molecule has 0 unspecified atom stereocenters. The van der Waals surface area contributed by atoms with Crippen LogP contribution in [0.5, 0.6) is 0 Å². The van der Waals surface area contributed by atoms with Crippen molar-refractivity contribution < 1.29 is 8.42 Å². The predicted molar refractivity (Wildman–Crippen MR) is 97.1 cm³/mol. The van der Waals surface area contributed by atoms with Crippen molar-refractivity contribution >= 4 is 48.3 Å². The number of rotatable bonds is 4. The minimum absolute atomic E-state index is 0.188. The zero-order valence-corrected chi connectivity index (χ0v) is 15.1. The summed E-state index contributed by atoms with van der Waals surface area (Å²) in [6.45, 7) is 0.199. The van der Waals surface area contributed by atoms with Crippen molar-refractivity contribution in [2.24, 2.45) is 0 Å². The van der Waals surface area contributed by atoms with Crippen molar-refractivity contribution in [2.45, 2.75) is 11.4 Å². The third kappa shape index (κ3) is 3.43. The molecule has 0 spiro atoms. The van der Waals surface area contributed by atoms with Crippen LogP contribution in [0.25, 0.3) is 10.8 Å². The molecular formula is C17H13BrClNO2S. The largest absolute Gasteiger partial charge is 0.241 e. The molecule has 3 rings (SSSR count). The van der Waals surface area contributed by atoms with Gasteiger partial charge in [-0.15, -0.1) is 0 Å². The smallest absolute Gasteiger partial charge is 0.207 e. The Hall–Kier alpha value is -1.40. The summed E-state index contributed by atoms with van der Waals surface area (Å²) >= 11 is 9.63. The van der Waals surface area contributed by atoms with Gasteiger partial charge in [-0.2, -0.15) is 0 Å². The van der Waals surface area contributed by atoms with E-state index in [0.29, 0.717) is 10.4 Å². The van der Waals surface area contributed by atoms with E-state index in [2.05, 4.69) is 20.7 Å². The van der Waals surface area contributed by atoms with Gasteiger partial charge in [-0.3, -0.25) is 0 Å². The second-order valence-corrected chi connectivity index (χ2v) is 8.01. The summed E-state index contributed by atoms with van der Waals surface area (Å²) in [6.07, 6.45) is 0. The van der Waals surface area contributed by atoms with E-state index in [1.165, 1.54) is 0 Å². The third-order valence-electron chi connectivity index (χ3n) is 3.52. The predicted octanol–water partition coefficient (Wildman–Crippen LogP) is 4.73. The number of fused-ring (bicyclic) bond motifs is 1. The highest BCUT2D eigenvalue weighted by Gasteiger charge is 2.18. The molecule has 3 nitrogen and oxygen atoms in total. The van der Waals surface area contributed by atoms with Crippen LogP contribution in [0.4, 0.5) is 0 Å². The fourth-order valence-corrected chi connectivity index (χ4v) is 4.40. The standard InChI is InChI=1S/C17H13BrClNO2S/c18-14-8-2-1-5-13(14)11-20-23(21,22)16-10-4-7-12-6-3-9-15(19)17(12)16/h1-10,20H,11H2. The van der Waals surface area contributed by atoms with Crippen LogP contribution < -0.4 is 4.72 Å². The van der Waals surface area contributed by atoms with Crippen LogP contribution in [-0.4, -0.2) is 8.42 Å². The van der Waals surface area contributed by atoms with Crippen molar-refractivity contribution in [2.75, 3.05) is 0 Å². The molecule has 0 heterocycles. The molecule has 118 valence electrons. The highest BCUT2D eigenvalue weighted by atomic mass is 79.9. The van der Waals surface area contributed by atoms with Crippen LogP contribution in [0.1, 0.15) is 5.56 Å². The second-order valence-electron chi connectivity index (χ2n) is 5.01. The molecule has 6 heteroatoms. The topological polar surface area (TPSA) is 46.2 Å². The fraction of sp³-hybridized carbons (Fsp3) is 0.0588. The highest BCUT2D eigenvalue weighted by molar-refractivity contribution is 9.10. The van der Waals surface area contributed by atoms with Crippen molar-refractivity contribution in [3.8, 4) is 0 Å². The first kappa shape index (κ1) is 16.5. The zero-order valence-electron chi connectivity index (χ0n) is 12.0. The van der Waals surface area contributed by atoms with Crippen LogP contribution in [0, 0.1) is 0 Å². The maximum Gasteiger partial charge on any atom is 0.241 e. The van der Waals surface area contributed by atoms with Gasteiger partial charge in [-0.25, -0.2) is 13.1 Å². The summed E-state index contributed by atoms with van der Waals surface area (Å²) in [4.78, 5) is 0.188. The molecule has 0 atom stereocenters. The molecule has 0 aromatic heterocycles. The molecule has 23 heavy (non-hydrogen) atoms. The van der Waals surface area contributed by atoms with Crippen molar-refractivity contribution in [1.29, 1.82) is 0 Å². The average molecular weight is 411 g/mol. The molecule has 0 radical (unpaired) electrons. The second kappa shape index (κ2) is 6.61. The van der Waals surface area contributed by atoms with E-state index in [1.807, 2.05) is 36.4 Å². The van der Waals surface area contributed by atoms with E-state index in [9.17, 15) is 8.42 Å². The summed E-state index contributed by atoms with van der Waals surface area (Å²) in [5.41, 5.74) is 0.863. The van der Waals surface area contributed by atoms with Gasteiger partial charge in [-0.05, 0) is 29.1 Å². The lowest BCUT2D eigenvalue weighted by Crippen LogP contribution is -2.23. The monoisotopic (exact) mass is 409 g/mol. The van der Waals surface area contributed by atoms with E-state index < -0.39 is 10.0 Å². The van der Waals surface area contributed by atoms with Gasteiger partial charge in [0.05, 0.1) is 4.90 Å². The maximum absolute atomic E-state index is 12.7. The number of hydrogen-bond acceptors (Lipinski definition) is 2. The third-order valence-corrected chi connectivity index (χ3v) is 6.05. The number of nitrogens with one attached hydrogen (secondary N) is 1. The van der Waals surface area contributed by atoms with Gasteiger partial charge in [0.15, 0.2) is 0 Å². The molecule has 0 aliphatic heterocycles. The first-order valence-corrected chi connectivity index (χ1v) is 9.55. The molecular weight excluding hydrogens is 398 g/mol. The summed E-state index contributed by atoms with van der Waals surface area (Å²) in [6, 6.07) is 17.9. The number of halogens is 2. The summed E-state index contributed by atoms with van der Waals surface area (Å²) < 4.78 is 28.9. The van der Waals surface area contributed by atoms with Gasteiger partial charge >= 0.3 is 0 Å². The van der Waals surface area contributed by atoms with Gasteiger partial charge in [0.1, 0.15) is 0 Å². The molecule has 3 aromatic carbocycles. The average Bonchev–Trinajstić information content (AvgIpc) is 2.54. The maximum atomic E-state index is 12.7. The Morgan fingerprint density at radius 3 is 2.39 bits per heavy atom. The normalized spacial score (nSPS) is 11.7. The van der Waals surface area contributed by atoms with Crippen molar-refractivity contribution in [3.05, 3.63) is 75.7 Å². The molecule has 3 aromatic rings. The molecule has 0 amide bonds. The molecule has 0 saturated carbocycles. The Labute approximate surface area is 148 Å². The van der Waals surface area contributed by atoms with Gasteiger partial charge < -0.3 is 0 Å². The zero-order chi connectivity index (χ0) is 16.4. The minimum atomic E-state index is -3.68. The Morgan fingerprint density at radius 2 is 1.65 bits per heavy atom. The van der Waals surface area contributed by atoms with Crippen molar-refractivity contribution in [1.82, 2.24) is 4.72 Å². The SMILES string of the molecule is O=S(=O)(NCc1ccccc1Br)c1cccc2cccc(Cl)c12. The first-order chi connectivity index (χ1) is 11.0. The highest BCUT2D eigenvalue weighted by Crippen LogP contribution is 2.29. The Morgan fingerprint density at radius 1 is 0.957 bits per heavy atom. The molecule has 0 bridgehead atoms. The molecule has 0 aliphatic rings. The summed E-state index contributed by atoms with van der Waals surface area (Å²) in [5.74, 6) is 0. The van der Waals surface area contributed by atoms with E-state index in [1.54, 1.807) is 24.3 Å². The lowest BCUT2D eigenvalue weighted by molar-refractivity contribution is 0.582. The number of sulfonamides is 1. The summed E-state index contributed by atoms with van der Waals surface area (Å²) in [5, 5.41) is 1.75. The van der Waals surface area contributed by atoms with Gasteiger partial charge in [-0.1, -0.05) is 70.0 Å². The Balaban J connectivity index is 1.99. The molecule has 0 aliphatic carbocycles. The Bertz CT molecular complexity index is 968. The van der Waals surface area contributed by atoms with Crippen LogP contribution in [0.3, 0.4) is 0 Å². The van der Waals surface area contributed by atoms with E-state index in [-0.39, 0.29) is 11.4 Å². The number of hydrogen-bond donors (Lipinski definition) is 1. The van der Waals surface area contributed by atoms with Crippen LogP contribution in [-0.2, 0) is 16.6 Å².